The summed E-state index contributed by atoms with van der Waals surface area (Å²) in [5.74, 6) is -1.35. The lowest BCUT2D eigenvalue weighted by Gasteiger charge is -2.29. The quantitative estimate of drug-likeness (QED) is 0.0959. The lowest BCUT2D eigenvalue weighted by atomic mass is 10.0. The first-order chi connectivity index (χ1) is 23.4. The van der Waals surface area contributed by atoms with Crippen molar-refractivity contribution >= 4 is 35.0 Å². The molecule has 3 heterocycles. The minimum atomic E-state index is -4.55. The van der Waals surface area contributed by atoms with Crippen LogP contribution in [0, 0.1) is 0 Å². The van der Waals surface area contributed by atoms with E-state index in [4.69, 9.17) is 0 Å². The van der Waals surface area contributed by atoms with Crippen molar-refractivity contribution in [2.45, 2.75) is 56.9 Å². The van der Waals surface area contributed by atoms with Crippen molar-refractivity contribution in [1.29, 1.82) is 0 Å². The van der Waals surface area contributed by atoms with Gasteiger partial charge < -0.3 is 25.7 Å². The molecule has 0 atom stereocenters. The highest BCUT2D eigenvalue weighted by Gasteiger charge is 2.32. The van der Waals surface area contributed by atoms with Gasteiger partial charge in [0.25, 0.3) is 11.8 Å². The highest BCUT2D eigenvalue weighted by atomic mass is 32.2. The van der Waals surface area contributed by atoms with Crippen LogP contribution in [-0.4, -0.2) is 56.6 Å². The molecule has 0 spiro atoms. The van der Waals surface area contributed by atoms with Gasteiger partial charge in [0.15, 0.2) is 5.79 Å². The van der Waals surface area contributed by atoms with Crippen molar-refractivity contribution in [3.8, 4) is 11.3 Å². The number of benzene rings is 2. The molecule has 1 fully saturated rings. The zero-order valence-corrected chi connectivity index (χ0v) is 27.8. The Hall–Kier alpha value is -4.46. The summed E-state index contributed by atoms with van der Waals surface area (Å²) < 4.78 is 38.6. The van der Waals surface area contributed by atoms with E-state index >= 15 is 0 Å². The number of aromatic nitrogens is 2. The van der Waals surface area contributed by atoms with Crippen LogP contribution in [0.1, 0.15) is 70.1 Å². The molecular formula is C36H38F3N5O4S. The van der Waals surface area contributed by atoms with Gasteiger partial charge in [-0.15, -0.1) is 0 Å². The molecule has 1 aliphatic rings. The average molecular weight is 694 g/mol. The van der Waals surface area contributed by atoms with Gasteiger partial charge in [-0.3, -0.25) is 19.6 Å². The van der Waals surface area contributed by atoms with E-state index in [1.54, 1.807) is 30.3 Å². The molecule has 0 aliphatic carbocycles. The van der Waals surface area contributed by atoms with E-state index in [-0.39, 0.29) is 18.9 Å². The Morgan fingerprint density at radius 2 is 1.67 bits per heavy atom. The molecule has 0 unspecified atom stereocenters. The van der Waals surface area contributed by atoms with Crippen molar-refractivity contribution in [2.75, 3.05) is 29.1 Å². The van der Waals surface area contributed by atoms with Gasteiger partial charge in [-0.25, -0.2) is 0 Å². The van der Waals surface area contributed by atoms with Gasteiger partial charge in [-0.05, 0) is 91.6 Å². The van der Waals surface area contributed by atoms with Crippen molar-refractivity contribution < 1.29 is 33.0 Å². The molecule has 2 aromatic heterocycles. The van der Waals surface area contributed by atoms with Crippen molar-refractivity contribution in [1.82, 2.24) is 15.3 Å². The molecule has 1 aliphatic heterocycles. The number of piperidine rings is 1. The number of pyridine rings is 2. The third-order valence-electron chi connectivity index (χ3n) is 8.02. The fourth-order valence-electron chi connectivity index (χ4n) is 5.35. The number of anilines is 2. The zero-order valence-electron chi connectivity index (χ0n) is 27.0. The first kappa shape index (κ1) is 35.8. The van der Waals surface area contributed by atoms with Crippen LogP contribution in [0.5, 0.6) is 0 Å². The molecule has 4 N–H and O–H groups in total. The normalized spacial score (nSPS) is 13.6. The Bertz CT molecular complexity index is 1760. The maximum Gasteiger partial charge on any atom is 0.433 e. The Kier molecular flexibility index (Phi) is 11.6. The lowest BCUT2D eigenvalue weighted by Crippen LogP contribution is -2.29. The highest BCUT2D eigenvalue weighted by Crippen LogP contribution is 2.33. The maximum absolute atomic E-state index is 13.5. The molecule has 13 heteroatoms. The molecule has 2 amide bonds. The van der Waals surface area contributed by atoms with Gasteiger partial charge in [0.2, 0.25) is 0 Å². The second kappa shape index (κ2) is 15.8. The van der Waals surface area contributed by atoms with Gasteiger partial charge in [0, 0.05) is 66.6 Å². The Morgan fingerprint density at radius 1 is 0.898 bits per heavy atom. The Balaban J connectivity index is 1.35. The predicted octanol–water partition coefficient (Wildman–Crippen LogP) is 6.66. The first-order valence-corrected chi connectivity index (χ1v) is 17.1. The molecular weight excluding hydrogens is 655 g/mol. The van der Waals surface area contributed by atoms with E-state index in [1.807, 2.05) is 24.3 Å². The van der Waals surface area contributed by atoms with Crippen LogP contribution in [0.15, 0.2) is 79.1 Å². The smallest absolute Gasteiger partial charge is 0.372 e. The molecule has 258 valence electrons. The molecule has 9 nitrogen and oxygen atoms in total. The third-order valence-corrected chi connectivity index (χ3v) is 9.05. The Morgan fingerprint density at radius 3 is 2.39 bits per heavy atom. The number of nitrogens with zero attached hydrogens (tertiary/aromatic N) is 3. The van der Waals surface area contributed by atoms with Gasteiger partial charge in [-0.1, -0.05) is 18.2 Å². The SMILES string of the molecule is CC(O)(O)CCSCc1cccc(C(=O)Nc2ccc(N3CCCCC3)cc2-c2cc(C(=O)NCc3ccc(C(F)(F)F)nc3)ccn2)c1. The number of aliphatic hydroxyl groups is 2. The van der Waals surface area contributed by atoms with E-state index in [2.05, 4.69) is 25.5 Å². The van der Waals surface area contributed by atoms with Crippen molar-refractivity contribution in [3.63, 3.8) is 0 Å². The fourth-order valence-corrected chi connectivity index (χ4v) is 6.45. The number of halogens is 3. The first-order valence-electron chi connectivity index (χ1n) is 15.9. The molecule has 4 aromatic rings. The summed E-state index contributed by atoms with van der Waals surface area (Å²) in [6.45, 7) is 3.13. The molecule has 2 aromatic carbocycles. The van der Waals surface area contributed by atoms with Crippen LogP contribution >= 0.6 is 11.8 Å². The summed E-state index contributed by atoms with van der Waals surface area (Å²) in [6, 6.07) is 18.3. The monoisotopic (exact) mass is 693 g/mol. The highest BCUT2D eigenvalue weighted by molar-refractivity contribution is 7.98. The summed E-state index contributed by atoms with van der Waals surface area (Å²) >= 11 is 1.54. The number of hydrogen-bond donors (Lipinski definition) is 4. The van der Waals surface area contributed by atoms with Gasteiger partial charge in [0.05, 0.1) is 11.4 Å². The van der Waals surface area contributed by atoms with E-state index in [0.29, 0.717) is 45.1 Å². The summed E-state index contributed by atoms with van der Waals surface area (Å²) in [4.78, 5) is 36.9. The molecule has 49 heavy (non-hydrogen) atoms. The summed E-state index contributed by atoms with van der Waals surface area (Å²) in [5, 5.41) is 24.8. The van der Waals surface area contributed by atoms with Gasteiger partial charge >= 0.3 is 6.18 Å². The topological polar surface area (TPSA) is 128 Å². The number of rotatable bonds is 12. The standard InChI is InChI=1S/C36H38F3N5O4S/c1-35(47,48)13-17-49-23-24-6-5-7-26(18-24)34(46)43-30-10-9-28(44-15-3-2-4-16-44)20-29(30)31-19-27(12-14-40-31)33(45)42-22-25-8-11-32(41-21-25)36(37,38)39/h5-12,14,18-21,47-48H,2-4,13,15-17,22-23H2,1H3,(H,42,45)(H,43,46). The van der Waals surface area contributed by atoms with Crippen molar-refractivity contribution in [2.24, 2.45) is 0 Å². The van der Waals surface area contributed by atoms with Gasteiger partial charge in [-0.2, -0.15) is 24.9 Å². The van der Waals surface area contributed by atoms with Crippen LogP contribution in [0.4, 0.5) is 24.5 Å². The second-order valence-corrected chi connectivity index (χ2v) is 13.2. The largest absolute Gasteiger partial charge is 0.433 e. The molecule has 1 saturated heterocycles. The maximum atomic E-state index is 13.5. The number of carbonyl (C=O) groups excluding carboxylic acids is 2. The van der Waals surface area contributed by atoms with E-state index in [0.717, 1.165) is 49.4 Å². The second-order valence-electron chi connectivity index (χ2n) is 12.1. The van der Waals surface area contributed by atoms with Crippen LogP contribution in [0.25, 0.3) is 11.3 Å². The number of carbonyl (C=O) groups is 2. The van der Waals surface area contributed by atoms with Crippen LogP contribution in [0.2, 0.25) is 0 Å². The number of nitrogens with one attached hydrogen (secondary N) is 2. The number of alkyl halides is 3. The van der Waals surface area contributed by atoms with Crippen molar-refractivity contribution in [3.05, 3.63) is 107 Å². The summed E-state index contributed by atoms with van der Waals surface area (Å²) in [6.07, 6.45) is 1.57. The fraction of sp³-hybridized carbons (Fsp3) is 0.333. The zero-order chi connectivity index (χ0) is 35.0. The van der Waals surface area contributed by atoms with Gasteiger partial charge in [0.1, 0.15) is 5.69 Å². The molecule has 5 rings (SSSR count). The Labute approximate surface area is 287 Å². The summed E-state index contributed by atoms with van der Waals surface area (Å²) in [7, 11) is 0. The van der Waals surface area contributed by atoms with E-state index in [1.165, 1.54) is 37.4 Å². The minimum absolute atomic E-state index is 0.0206. The third kappa shape index (κ3) is 10.3. The summed E-state index contributed by atoms with van der Waals surface area (Å²) in [5.41, 5.74) is 3.64. The molecule has 0 bridgehead atoms. The number of hydrogen-bond acceptors (Lipinski definition) is 8. The van der Waals surface area contributed by atoms with E-state index in [9.17, 15) is 33.0 Å². The molecule has 0 saturated carbocycles. The van der Waals surface area contributed by atoms with Crippen LogP contribution in [0.3, 0.4) is 0 Å². The lowest BCUT2D eigenvalue weighted by molar-refractivity contribution is -0.145. The number of amides is 2. The number of thioether (sulfide) groups is 1. The molecule has 0 radical (unpaired) electrons. The predicted molar refractivity (Wildman–Crippen MR) is 184 cm³/mol. The van der Waals surface area contributed by atoms with Crippen LogP contribution < -0.4 is 15.5 Å². The average Bonchev–Trinajstić information content (AvgIpc) is 3.09. The van der Waals surface area contributed by atoms with Crippen LogP contribution in [-0.2, 0) is 18.5 Å². The minimum Gasteiger partial charge on any atom is -0.372 e. The van der Waals surface area contributed by atoms with E-state index < -0.39 is 23.6 Å².